The summed E-state index contributed by atoms with van der Waals surface area (Å²) in [5.41, 5.74) is 23.4. The number of rotatable bonds is 4. The lowest BCUT2D eigenvalue weighted by molar-refractivity contribution is 0.195. The summed E-state index contributed by atoms with van der Waals surface area (Å²) in [6.07, 6.45) is 4.90. The van der Waals surface area contributed by atoms with Gasteiger partial charge >= 0.3 is 0 Å². The Bertz CT molecular complexity index is 3090. The molecule has 1 fully saturated rings. The molecule has 11 rings (SSSR count). The van der Waals surface area contributed by atoms with Crippen molar-refractivity contribution in [2.75, 3.05) is 14.7 Å². The van der Waals surface area contributed by atoms with Crippen molar-refractivity contribution < 1.29 is 0 Å². The van der Waals surface area contributed by atoms with E-state index in [2.05, 4.69) is 243 Å². The highest BCUT2D eigenvalue weighted by molar-refractivity contribution is 7.00. The van der Waals surface area contributed by atoms with Crippen LogP contribution in [0.2, 0.25) is 0 Å². The van der Waals surface area contributed by atoms with E-state index in [1.54, 1.807) is 0 Å². The maximum atomic E-state index is 2.75. The summed E-state index contributed by atoms with van der Waals surface area (Å²) in [5.74, 6) is 0. The van der Waals surface area contributed by atoms with E-state index in [-0.39, 0.29) is 33.9 Å². The molecule has 7 aromatic rings. The summed E-state index contributed by atoms with van der Waals surface area (Å²) in [7, 11) is 0. The van der Waals surface area contributed by atoms with E-state index in [0.29, 0.717) is 0 Å². The highest BCUT2D eigenvalue weighted by atomic mass is 15.3. The molecule has 0 bridgehead atoms. The van der Waals surface area contributed by atoms with E-state index in [4.69, 9.17) is 0 Å². The first-order chi connectivity index (χ1) is 31.8. The van der Waals surface area contributed by atoms with Gasteiger partial charge in [0.1, 0.15) is 0 Å². The second-order valence-corrected chi connectivity index (χ2v) is 23.9. The molecule has 0 N–H and O–H groups in total. The number of benzene rings is 7. The first kappa shape index (κ1) is 43.6. The number of hydrogen-bond acceptors (Lipinski definition) is 3. The number of aryl methyl sites for hydroxylation is 1. The van der Waals surface area contributed by atoms with Gasteiger partial charge < -0.3 is 14.7 Å². The van der Waals surface area contributed by atoms with Crippen LogP contribution in [-0.4, -0.2) is 12.3 Å². The molecule has 338 valence electrons. The first-order valence-corrected chi connectivity index (χ1v) is 25.0. The standard InChI is InChI=1S/C63H68BN3/c1-41-36-56-58-57(37-41)66(52-33-27-44(60(5,6)7)38-48(52)42-20-14-13-15-21-42)54-39-45(61(8,9)10)26-31-50(54)64(58)51-32-30-47(40-55(51)65(56)46-28-24-43(25-29-46)59(2,3)4)67-53-23-17-16-22-49(53)62(11)34-18-19-35-63(62,67)12/h13-17,20-33,36-40H,18-19,34-35H2,1-12H3. The molecule has 3 aliphatic heterocycles. The Labute approximate surface area is 402 Å². The van der Waals surface area contributed by atoms with Crippen LogP contribution in [0.3, 0.4) is 0 Å². The summed E-state index contributed by atoms with van der Waals surface area (Å²) in [5, 5.41) is 0. The average Bonchev–Trinajstić information content (AvgIpc) is 3.50. The van der Waals surface area contributed by atoms with Crippen LogP contribution in [0.4, 0.5) is 45.5 Å². The highest BCUT2D eigenvalue weighted by Crippen LogP contribution is 2.61. The Hall–Kier alpha value is -6.00. The Morgan fingerprint density at radius 3 is 1.70 bits per heavy atom. The van der Waals surface area contributed by atoms with E-state index in [1.165, 1.54) is 127 Å². The second kappa shape index (κ2) is 15.0. The molecule has 0 saturated heterocycles. The summed E-state index contributed by atoms with van der Waals surface area (Å²) in [4.78, 5) is 8.00. The molecule has 1 saturated carbocycles. The van der Waals surface area contributed by atoms with Gasteiger partial charge in [0.2, 0.25) is 0 Å². The number of fused-ring (bicyclic) bond motifs is 7. The van der Waals surface area contributed by atoms with E-state index in [9.17, 15) is 0 Å². The van der Waals surface area contributed by atoms with Gasteiger partial charge in [-0.2, -0.15) is 0 Å². The van der Waals surface area contributed by atoms with Crippen molar-refractivity contribution in [1.29, 1.82) is 0 Å². The Morgan fingerprint density at radius 1 is 0.463 bits per heavy atom. The van der Waals surface area contributed by atoms with Gasteiger partial charge in [0, 0.05) is 50.8 Å². The molecule has 4 heteroatoms. The number of nitrogens with zero attached hydrogens (tertiary/aromatic N) is 3. The van der Waals surface area contributed by atoms with Crippen molar-refractivity contribution in [2.45, 2.75) is 136 Å². The van der Waals surface area contributed by atoms with Crippen molar-refractivity contribution in [3.8, 4) is 11.1 Å². The van der Waals surface area contributed by atoms with Gasteiger partial charge in [0.05, 0.1) is 11.2 Å². The smallest absolute Gasteiger partial charge is 0.252 e. The predicted octanol–water partition coefficient (Wildman–Crippen LogP) is 15.4. The summed E-state index contributed by atoms with van der Waals surface area (Å²) < 4.78 is 0. The molecular weight excluding hydrogens is 810 g/mol. The van der Waals surface area contributed by atoms with Crippen LogP contribution >= 0.6 is 0 Å². The summed E-state index contributed by atoms with van der Waals surface area (Å²) in [6, 6.07) is 56.9. The van der Waals surface area contributed by atoms with E-state index in [0.717, 1.165) is 0 Å². The van der Waals surface area contributed by atoms with Crippen molar-refractivity contribution in [1.82, 2.24) is 0 Å². The SMILES string of the molecule is Cc1cc2c3c(c1)N(c1ccc(C(C)(C)C)cc1-c1ccccc1)c1cc(C(C)(C)C)ccc1B3c1ccc(N3c4ccccc4C4(C)CCCCC34C)cc1N2c1ccc(C(C)(C)C)cc1. The van der Waals surface area contributed by atoms with Gasteiger partial charge in [0.15, 0.2) is 0 Å². The minimum absolute atomic E-state index is 0.00928. The Balaban J connectivity index is 1.21. The van der Waals surface area contributed by atoms with Crippen LogP contribution in [0.25, 0.3) is 11.1 Å². The molecule has 3 nitrogen and oxygen atoms in total. The molecule has 2 unspecified atom stereocenters. The van der Waals surface area contributed by atoms with E-state index >= 15 is 0 Å². The van der Waals surface area contributed by atoms with Crippen molar-refractivity contribution >= 4 is 68.6 Å². The van der Waals surface area contributed by atoms with Gasteiger partial charge in [-0.1, -0.05) is 167 Å². The molecule has 4 aliphatic rings. The second-order valence-electron chi connectivity index (χ2n) is 23.9. The van der Waals surface area contributed by atoms with Crippen molar-refractivity contribution in [3.05, 3.63) is 173 Å². The number of anilines is 8. The first-order valence-electron chi connectivity index (χ1n) is 25.0. The molecule has 7 aromatic carbocycles. The molecule has 1 aliphatic carbocycles. The van der Waals surface area contributed by atoms with Gasteiger partial charge in [-0.3, -0.25) is 0 Å². The van der Waals surface area contributed by atoms with Crippen molar-refractivity contribution in [2.24, 2.45) is 0 Å². The molecular formula is C63H68BN3. The largest absolute Gasteiger partial charge is 0.334 e. The quantitative estimate of drug-likeness (QED) is 0.163. The number of para-hydroxylation sites is 1. The fourth-order valence-electron chi connectivity index (χ4n) is 12.5. The Kier molecular flexibility index (Phi) is 9.76. The maximum Gasteiger partial charge on any atom is 0.252 e. The minimum Gasteiger partial charge on any atom is -0.334 e. The van der Waals surface area contributed by atoms with Crippen LogP contribution in [0.1, 0.15) is 130 Å². The minimum atomic E-state index is -0.0427. The third-order valence-corrected chi connectivity index (χ3v) is 16.5. The molecule has 3 heterocycles. The van der Waals surface area contributed by atoms with Gasteiger partial charge in [-0.05, 0) is 153 Å². The third-order valence-electron chi connectivity index (χ3n) is 16.5. The molecule has 0 aromatic heterocycles. The van der Waals surface area contributed by atoms with Crippen LogP contribution < -0.4 is 31.1 Å². The van der Waals surface area contributed by atoms with Crippen LogP contribution in [0.15, 0.2) is 146 Å². The van der Waals surface area contributed by atoms with Crippen molar-refractivity contribution in [3.63, 3.8) is 0 Å². The predicted molar refractivity (Wildman–Crippen MR) is 290 cm³/mol. The zero-order valence-electron chi connectivity index (χ0n) is 42.1. The maximum absolute atomic E-state index is 2.75. The monoisotopic (exact) mass is 878 g/mol. The molecule has 0 spiro atoms. The van der Waals surface area contributed by atoms with Gasteiger partial charge in [0.25, 0.3) is 6.71 Å². The third kappa shape index (κ3) is 6.67. The van der Waals surface area contributed by atoms with E-state index in [1.807, 2.05) is 0 Å². The fraction of sp³-hybridized carbons (Fsp3) is 0.333. The van der Waals surface area contributed by atoms with E-state index < -0.39 is 0 Å². The molecule has 67 heavy (non-hydrogen) atoms. The van der Waals surface area contributed by atoms with Crippen LogP contribution in [-0.2, 0) is 21.7 Å². The zero-order valence-corrected chi connectivity index (χ0v) is 42.1. The average molecular weight is 878 g/mol. The normalized spacial score (nSPS) is 19.7. The van der Waals surface area contributed by atoms with Gasteiger partial charge in [-0.25, -0.2) is 0 Å². The number of hydrogen-bond donors (Lipinski definition) is 0. The lowest BCUT2D eigenvalue weighted by Gasteiger charge is -2.50. The zero-order chi connectivity index (χ0) is 47.0. The topological polar surface area (TPSA) is 9.72 Å². The van der Waals surface area contributed by atoms with Crippen LogP contribution in [0, 0.1) is 6.92 Å². The highest BCUT2D eigenvalue weighted by Gasteiger charge is 2.58. The summed E-state index contributed by atoms with van der Waals surface area (Å²) in [6.45, 7) is 28.4. The lowest BCUT2D eigenvalue weighted by atomic mass is 9.33. The molecule has 0 radical (unpaired) electrons. The summed E-state index contributed by atoms with van der Waals surface area (Å²) >= 11 is 0. The molecule has 2 atom stereocenters. The Morgan fingerprint density at radius 2 is 1.01 bits per heavy atom. The lowest BCUT2D eigenvalue weighted by Crippen LogP contribution is -2.61. The fourth-order valence-corrected chi connectivity index (χ4v) is 12.5. The van der Waals surface area contributed by atoms with Gasteiger partial charge in [-0.15, -0.1) is 0 Å². The van der Waals surface area contributed by atoms with Crippen LogP contribution in [0.5, 0.6) is 0 Å². The molecule has 0 amide bonds.